The third kappa shape index (κ3) is 3.02. The zero-order valence-corrected chi connectivity index (χ0v) is 15.0. The van der Waals surface area contributed by atoms with Gasteiger partial charge in [0.2, 0.25) is 5.76 Å². The summed E-state index contributed by atoms with van der Waals surface area (Å²) in [5.74, 6) is -0.0188. The Morgan fingerprint density at radius 2 is 2.19 bits per heavy atom. The molecule has 0 saturated heterocycles. The molecule has 1 aromatic heterocycles. The van der Waals surface area contributed by atoms with E-state index in [0.29, 0.717) is 11.7 Å². The van der Waals surface area contributed by atoms with Gasteiger partial charge in [-0.3, -0.25) is 0 Å². The summed E-state index contributed by atoms with van der Waals surface area (Å²) in [6.45, 7) is 2.21. The van der Waals surface area contributed by atoms with Crippen molar-refractivity contribution in [2.45, 2.75) is 51.9 Å². The molecule has 26 heavy (non-hydrogen) atoms. The molecular formula is C21H23NO4. The molecule has 1 aliphatic heterocycles. The number of nitrogens with zero attached hydrogens (tertiary/aromatic N) is 1. The molecule has 0 aromatic carbocycles. The van der Waals surface area contributed by atoms with E-state index in [1.165, 1.54) is 54.7 Å². The number of carboxylic acid groups (broad SMARTS) is 1. The van der Waals surface area contributed by atoms with Gasteiger partial charge < -0.3 is 14.3 Å². The number of allylic oxidation sites excluding steroid dienone is 4. The monoisotopic (exact) mass is 353 g/mol. The van der Waals surface area contributed by atoms with E-state index in [4.69, 9.17) is 19.3 Å². The van der Waals surface area contributed by atoms with Crippen molar-refractivity contribution in [2.75, 3.05) is 0 Å². The fourth-order valence-electron chi connectivity index (χ4n) is 3.95. The molecule has 4 rings (SSSR count). The number of unbranched alkanes of at least 4 members (excludes halogenated alkanes) is 1. The molecule has 2 aliphatic carbocycles. The van der Waals surface area contributed by atoms with E-state index in [-0.39, 0.29) is 11.7 Å². The molecule has 0 bridgehead atoms. The van der Waals surface area contributed by atoms with E-state index in [1.54, 1.807) is 0 Å². The van der Waals surface area contributed by atoms with Crippen LogP contribution in [-0.2, 0) is 0 Å². The topological polar surface area (TPSA) is 72.0 Å². The van der Waals surface area contributed by atoms with Crippen molar-refractivity contribution in [3.05, 3.63) is 52.6 Å². The molecule has 1 N–H and O–H groups in total. The van der Waals surface area contributed by atoms with Gasteiger partial charge in [-0.1, -0.05) is 25.8 Å². The summed E-state index contributed by atoms with van der Waals surface area (Å²) in [7, 11) is 0. The number of rotatable bonds is 6. The number of furan rings is 1. The molecule has 0 amide bonds. The van der Waals surface area contributed by atoms with E-state index in [0.717, 1.165) is 25.0 Å². The van der Waals surface area contributed by atoms with Gasteiger partial charge in [-0.2, -0.15) is 0 Å². The van der Waals surface area contributed by atoms with Gasteiger partial charge in [0.15, 0.2) is 5.76 Å². The minimum absolute atomic E-state index is 0.129. The van der Waals surface area contributed by atoms with Crippen molar-refractivity contribution < 1.29 is 19.1 Å². The second-order valence-electron chi connectivity index (χ2n) is 7.00. The number of aliphatic imine (C=N–C) groups is 1. The second kappa shape index (κ2) is 6.98. The molecule has 1 saturated carbocycles. The Hall–Kier alpha value is -2.56. The first-order valence-corrected chi connectivity index (χ1v) is 9.42. The van der Waals surface area contributed by atoms with Gasteiger partial charge in [0.05, 0.1) is 0 Å². The predicted octanol–water partition coefficient (Wildman–Crippen LogP) is 5.27. The minimum atomic E-state index is -1.11. The Kier molecular flexibility index (Phi) is 4.53. The molecule has 1 atom stereocenters. The zero-order valence-electron chi connectivity index (χ0n) is 15.0. The summed E-state index contributed by atoms with van der Waals surface area (Å²) in [6, 6.07) is 2.94. The highest BCUT2D eigenvalue weighted by Crippen LogP contribution is 2.44. The minimum Gasteiger partial charge on any atom is -0.475 e. The summed E-state index contributed by atoms with van der Waals surface area (Å²) < 4.78 is 11.1. The lowest BCUT2D eigenvalue weighted by atomic mass is 9.81. The molecule has 1 unspecified atom stereocenters. The van der Waals surface area contributed by atoms with E-state index < -0.39 is 5.97 Å². The summed E-state index contributed by atoms with van der Waals surface area (Å²) in [6.07, 6.45) is 12.2. The summed E-state index contributed by atoms with van der Waals surface area (Å²) >= 11 is 0. The molecule has 1 aromatic rings. The predicted molar refractivity (Wildman–Crippen MR) is 98.4 cm³/mol. The highest BCUT2D eigenvalue weighted by Gasteiger charge is 2.34. The number of carboxylic acids is 1. The van der Waals surface area contributed by atoms with Crippen LogP contribution in [0.3, 0.4) is 0 Å². The van der Waals surface area contributed by atoms with Gasteiger partial charge in [-0.15, -0.1) is 0 Å². The molecule has 5 heteroatoms. The van der Waals surface area contributed by atoms with Gasteiger partial charge in [-0.05, 0) is 55.4 Å². The fraction of sp³-hybridized carbons (Fsp3) is 0.429. The first-order chi connectivity index (χ1) is 12.7. The lowest BCUT2D eigenvalue weighted by Gasteiger charge is -2.23. The van der Waals surface area contributed by atoms with Crippen LogP contribution in [0, 0.1) is 5.92 Å². The average molecular weight is 353 g/mol. The van der Waals surface area contributed by atoms with E-state index in [9.17, 15) is 4.79 Å². The Morgan fingerprint density at radius 3 is 2.96 bits per heavy atom. The first kappa shape index (κ1) is 16.9. The van der Waals surface area contributed by atoms with E-state index >= 15 is 0 Å². The van der Waals surface area contributed by atoms with Crippen molar-refractivity contribution in [1.82, 2.24) is 0 Å². The van der Waals surface area contributed by atoms with Crippen LogP contribution < -0.4 is 4.74 Å². The molecule has 0 spiro atoms. The Bertz CT molecular complexity index is 853. The normalized spacial score (nSPS) is 21.6. The van der Waals surface area contributed by atoms with Crippen molar-refractivity contribution >= 4 is 11.7 Å². The third-order valence-electron chi connectivity index (χ3n) is 5.22. The number of ether oxygens (including phenoxy) is 1. The maximum Gasteiger partial charge on any atom is 0.371 e. The highest BCUT2D eigenvalue weighted by molar-refractivity contribution is 6.05. The van der Waals surface area contributed by atoms with Crippen molar-refractivity contribution in [3.8, 4) is 5.95 Å². The van der Waals surface area contributed by atoms with Crippen LogP contribution in [0.5, 0.6) is 5.95 Å². The average Bonchev–Trinajstić information content (AvgIpc) is 3.26. The third-order valence-corrected chi connectivity index (χ3v) is 5.22. The molecule has 1 fully saturated rings. The molecule has 5 nitrogen and oxygen atoms in total. The second-order valence-corrected chi connectivity index (χ2v) is 7.00. The highest BCUT2D eigenvalue weighted by atomic mass is 16.6. The Morgan fingerprint density at radius 1 is 1.35 bits per heavy atom. The van der Waals surface area contributed by atoms with Gasteiger partial charge in [0, 0.05) is 17.7 Å². The van der Waals surface area contributed by atoms with Gasteiger partial charge in [0.25, 0.3) is 5.95 Å². The van der Waals surface area contributed by atoms with Gasteiger partial charge in [-0.25, -0.2) is 9.79 Å². The maximum absolute atomic E-state index is 11.0. The van der Waals surface area contributed by atoms with Crippen LogP contribution in [0.2, 0.25) is 0 Å². The summed E-state index contributed by atoms with van der Waals surface area (Å²) in [4.78, 5) is 15.9. The van der Waals surface area contributed by atoms with E-state index in [2.05, 4.69) is 13.0 Å². The van der Waals surface area contributed by atoms with Gasteiger partial charge >= 0.3 is 5.97 Å². The van der Waals surface area contributed by atoms with Crippen LogP contribution >= 0.6 is 0 Å². The first-order valence-electron chi connectivity index (χ1n) is 9.42. The van der Waals surface area contributed by atoms with Crippen LogP contribution in [0.15, 0.2) is 56.3 Å². The van der Waals surface area contributed by atoms with Crippen LogP contribution in [0.1, 0.15) is 62.4 Å². The van der Waals surface area contributed by atoms with Crippen molar-refractivity contribution in [3.63, 3.8) is 0 Å². The molecule has 0 radical (unpaired) electrons. The van der Waals surface area contributed by atoms with Crippen molar-refractivity contribution in [1.29, 1.82) is 0 Å². The Labute approximate surface area is 152 Å². The number of hydrogen-bond acceptors (Lipinski definition) is 4. The Balaban J connectivity index is 1.68. The zero-order chi connectivity index (χ0) is 18.1. The fourth-order valence-corrected chi connectivity index (χ4v) is 3.95. The van der Waals surface area contributed by atoms with Gasteiger partial charge in [0.1, 0.15) is 5.70 Å². The largest absolute Gasteiger partial charge is 0.475 e. The molecular weight excluding hydrogens is 330 g/mol. The number of carbonyl (C=O) groups is 1. The molecule has 3 aliphatic rings. The quantitative estimate of drug-likeness (QED) is 0.756. The van der Waals surface area contributed by atoms with Crippen LogP contribution in [-0.4, -0.2) is 16.8 Å². The number of aromatic carboxylic acids is 1. The lowest BCUT2D eigenvalue weighted by Crippen LogP contribution is -2.13. The standard InChI is InChI=1S/C21H23NO4/c1-2-3-6-13-9-10-16(25-18-12-11-17(26-18)21(23)24)20-19(13)14-7-4-5-8-15(14)22-20/h9-13H,2-8H2,1H3,(H,23,24). The lowest BCUT2D eigenvalue weighted by molar-refractivity contribution is 0.0656. The molecule has 136 valence electrons. The smallest absolute Gasteiger partial charge is 0.371 e. The summed E-state index contributed by atoms with van der Waals surface area (Å²) in [5, 5.41) is 9.01. The number of hydrogen-bond donors (Lipinski definition) is 1. The van der Waals surface area contributed by atoms with Crippen LogP contribution in [0.25, 0.3) is 0 Å². The van der Waals surface area contributed by atoms with Crippen LogP contribution in [0.4, 0.5) is 0 Å². The summed E-state index contributed by atoms with van der Waals surface area (Å²) in [5.41, 5.74) is 4.84. The number of fused-ring (bicyclic) bond motifs is 2. The molecule has 2 heterocycles. The SMILES string of the molecule is CCCCC1C=CC(Oc2ccc(C(=O)O)o2)=C2N=C3CCCCC3=C21. The maximum atomic E-state index is 11.0. The van der Waals surface area contributed by atoms with Crippen molar-refractivity contribution in [2.24, 2.45) is 10.9 Å². The van der Waals surface area contributed by atoms with E-state index in [1.807, 2.05) is 6.08 Å².